The van der Waals surface area contributed by atoms with Crippen LogP contribution in [0, 0.1) is 17.7 Å². The van der Waals surface area contributed by atoms with Gasteiger partial charge in [0.25, 0.3) is 0 Å². The van der Waals surface area contributed by atoms with E-state index >= 15 is 0 Å². The zero-order valence-corrected chi connectivity index (χ0v) is 12.6. The topological polar surface area (TPSA) is 44.4 Å². The Kier molecular flexibility index (Phi) is 4.05. The van der Waals surface area contributed by atoms with E-state index in [1.54, 1.807) is 12.1 Å². The van der Waals surface area contributed by atoms with Crippen LogP contribution in [-0.2, 0) is 4.79 Å². The Balaban J connectivity index is 1.55. The fourth-order valence-electron chi connectivity index (χ4n) is 3.07. The Bertz CT molecular complexity index is 513. The average Bonchev–Trinajstić information content (AvgIpc) is 2.93. The number of rotatable bonds is 3. The van der Waals surface area contributed by atoms with Crippen molar-refractivity contribution in [1.29, 1.82) is 0 Å². The molecule has 2 heterocycles. The maximum atomic E-state index is 13.6. The molecular formula is C14H17BrFN3O. The van der Waals surface area contributed by atoms with Crippen molar-refractivity contribution in [3.8, 4) is 0 Å². The number of amides is 1. The fraction of sp³-hybridized carbons (Fsp3) is 0.500. The molecule has 0 radical (unpaired) electrons. The molecular weight excluding hydrogens is 325 g/mol. The maximum Gasteiger partial charge on any atom is 0.238 e. The summed E-state index contributed by atoms with van der Waals surface area (Å²) in [4.78, 5) is 14.1. The van der Waals surface area contributed by atoms with E-state index in [9.17, 15) is 9.18 Å². The molecule has 3 rings (SSSR count). The molecule has 0 aliphatic carbocycles. The van der Waals surface area contributed by atoms with E-state index in [1.165, 1.54) is 6.07 Å². The van der Waals surface area contributed by atoms with Gasteiger partial charge in [-0.25, -0.2) is 4.39 Å². The van der Waals surface area contributed by atoms with Crippen molar-refractivity contribution in [2.75, 3.05) is 38.0 Å². The molecule has 2 aliphatic heterocycles. The van der Waals surface area contributed by atoms with Crippen molar-refractivity contribution in [3.05, 3.63) is 28.5 Å². The van der Waals surface area contributed by atoms with Crippen LogP contribution in [0.4, 0.5) is 10.1 Å². The number of benzene rings is 1. The highest BCUT2D eigenvalue weighted by Gasteiger charge is 2.36. The lowest BCUT2D eigenvalue weighted by molar-refractivity contribution is -0.117. The molecule has 2 N–H and O–H groups in total. The fourth-order valence-corrected chi connectivity index (χ4v) is 3.40. The summed E-state index contributed by atoms with van der Waals surface area (Å²) >= 11 is 3.19. The van der Waals surface area contributed by atoms with Crippen molar-refractivity contribution in [2.45, 2.75) is 0 Å². The highest BCUT2D eigenvalue weighted by molar-refractivity contribution is 9.10. The standard InChI is InChI=1S/C14H17BrFN3O/c15-11-1-2-13(12(16)3-11)18-14(20)8-19-6-9-4-17-5-10(9)7-19/h1-3,9-10,17H,4-8H2,(H,18,20)/t9-,10+. The van der Waals surface area contributed by atoms with Crippen LogP contribution in [0.2, 0.25) is 0 Å². The van der Waals surface area contributed by atoms with Crippen molar-refractivity contribution in [2.24, 2.45) is 11.8 Å². The third-order valence-corrected chi connectivity index (χ3v) is 4.53. The number of halogens is 2. The number of fused-ring (bicyclic) bond motifs is 1. The van der Waals surface area contributed by atoms with Crippen LogP contribution in [0.1, 0.15) is 0 Å². The van der Waals surface area contributed by atoms with Gasteiger partial charge in [0, 0.05) is 17.6 Å². The monoisotopic (exact) mass is 341 g/mol. The first-order valence-corrected chi connectivity index (χ1v) is 7.59. The van der Waals surface area contributed by atoms with Gasteiger partial charge in [0.05, 0.1) is 12.2 Å². The van der Waals surface area contributed by atoms with Gasteiger partial charge in [0.15, 0.2) is 0 Å². The summed E-state index contributed by atoms with van der Waals surface area (Å²) in [6.07, 6.45) is 0. The Morgan fingerprint density at radius 3 is 2.75 bits per heavy atom. The summed E-state index contributed by atoms with van der Waals surface area (Å²) in [6, 6.07) is 4.63. The van der Waals surface area contributed by atoms with E-state index < -0.39 is 5.82 Å². The molecule has 4 nitrogen and oxygen atoms in total. The number of nitrogens with zero attached hydrogens (tertiary/aromatic N) is 1. The molecule has 2 atom stereocenters. The number of anilines is 1. The number of carbonyl (C=O) groups excluding carboxylic acids is 1. The van der Waals surface area contributed by atoms with Gasteiger partial charge < -0.3 is 10.6 Å². The lowest BCUT2D eigenvalue weighted by Crippen LogP contribution is -2.33. The second-order valence-corrected chi connectivity index (χ2v) is 6.46. The van der Waals surface area contributed by atoms with Gasteiger partial charge in [-0.05, 0) is 43.1 Å². The predicted molar refractivity (Wildman–Crippen MR) is 79.0 cm³/mol. The van der Waals surface area contributed by atoms with Crippen LogP contribution >= 0.6 is 15.9 Å². The summed E-state index contributed by atoms with van der Waals surface area (Å²) < 4.78 is 14.3. The van der Waals surface area contributed by atoms with Crippen molar-refractivity contribution < 1.29 is 9.18 Å². The zero-order valence-electron chi connectivity index (χ0n) is 11.0. The minimum atomic E-state index is -0.421. The number of carbonyl (C=O) groups is 1. The van der Waals surface area contributed by atoms with Gasteiger partial charge in [-0.2, -0.15) is 0 Å². The molecule has 1 amide bonds. The lowest BCUT2D eigenvalue weighted by Gasteiger charge is -2.16. The molecule has 0 unspecified atom stereocenters. The number of nitrogens with one attached hydrogen (secondary N) is 2. The molecule has 0 aromatic heterocycles. The molecule has 2 saturated heterocycles. The highest BCUT2D eigenvalue weighted by Crippen LogP contribution is 2.26. The predicted octanol–water partition coefficient (Wildman–Crippen LogP) is 1.68. The quantitative estimate of drug-likeness (QED) is 0.879. The van der Waals surface area contributed by atoms with Crippen molar-refractivity contribution >= 4 is 27.5 Å². The van der Waals surface area contributed by atoms with Crippen molar-refractivity contribution in [3.63, 3.8) is 0 Å². The van der Waals surface area contributed by atoms with E-state index in [-0.39, 0.29) is 11.6 Å². The summed E-state index contributed by atoms with van der Waals surface area (Å²) in [6.45, 7) is 4.33. The minimum Gasteiger partial charge on any atom is -0.322 e. The van der Waals surface area contributed by atoms with Gasteiger partial charge in [0.1, 0.15) is 5.82 Å². The van der Waals surface area contributed by atoms with Crippen LogP contribution in [-0.4, -0.2) is 43.5 Å². The smallest absolute Gasteiger partial charge is 0.238 e. The molecule has 2 fully saturated rings. The Morgan fingerprint density at radius 2 is 2.10 bits per heavy atom. The van der Waals surface area contributed by atoms with Crippen LogP contribution < -0.4 is 10.6 Å². The van der Waals surface area contributed by atoms with Gasteiger partial charge in [0.2, 0.25) is 5.91 Å². The summed E-state index contributed by atoms with van der Waals surface area (Å²) in [7, 11) is 0. The summed E-state index contributed by atoms with van der Waals surface area (Å²) in [5, 5.41) is 6.01. The molecule has 0 saturated carbocycles. The average molecular weight is 342 g/mol. The molecule has 108 valence electrons. The molecule has 6 heteroatoms. The normalized spacial score (nSPS) is 25.7. The van der Waals surface area contributed by atoms with E-state index in [1.807, 2.05) is 0 Å². The second-order valence-electron chi connectivity index (χ2n) is 5.54. The molecule has 1 aromatic rings. The second kappa shape index (κ2) is 5.79. The molecule has 2 aliphatic rings. The van der Waals surface area contributed by atoms with E-state index in [4.69, 9.17) is 0 Å². The third-order valence-electron chi connectivity index (χ3n) is 4.04. The van der Waals surface area contributed by atoms with E-state index in [0.717, 1.165) is 26.2 Å². The number of hydrogen-bond acceptors (Lipinski definition) is 3. The number of likely N-dealkylation sites (tertiary alicyclic amines) is 1. The molecule has 20 heavy (non-hydrogen) atoms. The lowest BCUT2D eigenvalue weighted by atomic mass is 10.0. The Hall–Kier alpha value is -0.980. The first kappa shape index (κ1) is 14.0. The van der Waals surface area contributed by atoms with Gasteiger partial charge in [-0.15, -0.1) is 0 Å². The maximum absolute atomic E-state index is 13.6. The first-order chi connectivity index (χ1) is 9.61. The van der Waals surface area contributed by atoms with Crippen LogP contribution in [0.5, 0.6) is 0 Å². The number of hydrogen-bond donors (Lipinski definition) is 2. The van der Waals surface area contributed by atoms with Crippen LogP contribution in [0.25, 0.3) is 0 Å². The Labute approximate surface area is 125 Å². The van der Waals surface area contributed by atoms with Crippen molar-refractivity contribution in [1.82, 2.24) is 10.2 Å². The molecule has 0 spiro atoms. The van der Waals surface area contributed by atoms with Gasteiger partial charge >= 0.3 is 0 Å². The molecule has 0 bridgehead atoms. The minimum absolute atomic E-state index is 0.154. The third kappa shape index (κ3) is 3.02. The van der Waals surface area contributed by atoms with Crippen LogP contribution in [0.3, 0.4) is 0 Å². The van der Waals surface area contributed by atoms with Gasteiger partial charge in [-0.1, -0.05) is 15.9 Å². The Morgan fingerprint density at radius 1 is 1.40 bits per heavy atom. The SMILES string of the molecule is O=C(CN1C[C@H]2CNC[C@H]2C1)Nc1ccc(Br)cc1F. The highest BCUT2D eigenvalue weighted by atomic mass is 79.9. The van der Waals surface area contributed by atoms with Crippen LogP contribution in [0.15, 0.2) is 22.7 Å². The first-order valence-electron chi connectivity index (χ1n) is 6.80. The van der Waals surface area contributed by atoms with E-state index in [2.05, 4.69) is 31.5 Å². The largest absolute Gasteiger partial charge is 0.322 e. The summed E-state index contributed by atoms with van der Waals surface area (Å²) in [5.74, 6) is 0.744. The zero-order chi connectivity index (χ0) is 14.1. The van der Waals surface area contributed by atoms with Gasteiger partial charge in [-0.3, -0.25) is 9.69 Å². The van der Waals surface area contributed by atoms with E-state index in [0.29, 0.717) is 22.9 Å². The molecule has 1 aromatic carbocycles. The summed E-state index contributed by atoms with van der Waals surface area (Å²) in [5.41, 5.74) is 0.235.